The molecule has 0 saturated heterocycles. The van der Waals surface area contributed by atoms with Crippen molar-refractivity contribution in [1.82, 2.24) is 0 Å². The summed E-state index contributed by atoms with van der Waals surface area (Å²) < 4.78 is 37.2. The summed E-state index contributed by atoms with van der Waals surface area (Å²) in [5.74, 6) is -0.503. The molecule has 2 rings (SSSR count). The number of amides is 1. The summed E-state index contributed by atoms with van der Waals surface area (Å²) in [4.78, 5) is 12.2. The third-order valence-electron chi connectivity index (χ3n) is 2.45. The van der Waals surface area contributed by atoms with Gasteiger partial charge < -0.3 is 10.2 Å². The van der Waals surface area contributed by atoms with Crippen LogP contribution in [0.4, 0.5) is 24.5 Å². The SMILES string of the molecule is N#Cc1ccc2c(c1)N(CC(F)(F)F)CC(=O)N2. The van der Waals surface area contributed by atoms with Gasteiger partial charge in [0, 0.05) is 0 Å². The molecule has 1 aliphatic rings. The Bertz CT molecular complexity index is 533. The Morgan fingerprint density at radius 2 is 2.17 bits per heavy atom. The molecule has 4 nitrogen and oxygen atoms in total. The van der Waals surface area contributed by atoms with E-state index < -0.39 is 18.6 Å². The van der Waals surface area contributed by atoms with E-state index in [1.54, 1.807) is 0 Å². The number of carbonyl (C=O) groups is 1. The highest BCUT2D eigenvalue weighted by Crippen LogP contribution is 2.32. The summed E-state index contributed by atoms with van der Waals surface area (Å²) >= 11 is 0. The first-order chi connectivity index (χ1) is 8.39. The molecule has 0 aliphatic carbocycles. The number of alkyl halides is 3. The maximum atomic E-state index is 12.4. The summed E-state index contributed by atoms with van der Waals surface area (Å²) in [6.45, 7) is -1.59. The molecule has 94 valence electrons. The van der Waals surface area contributed by atoms with Crippen LogP contribution in [-0.2, 0) is 4.79 Å². The summed E-state index contributed by atoms with van der Waals surface area (Å²) in [6.07, 6.45) is -4.41. The summed E-state index contributed by atoms with van der Waals surface area (Å²) in [5.41, 5.74) is 0.748. The number of carbonyl (C=O) groups excluding carboxylic acids is 1. The van der Waals surface area contributed by atoms with Gasteiger partial charge in [0.05, 0.1) is 29.6 Å². The van der Waals surface area contributed by atoms with Gasteiger partial charge >= 0.3 is 6.18 Å². The Morgan fingerprint density at radius 1 is 1.44 bits per heavy atom. The van der Waals surface area contributed by atoms with Crippen LogP contribution in [-0.4, -0.2) is 25.2 Å². The van der Waals surface area contributed by atoms with Crippen LogP contribution < -0.4 is 10.2 Å². The van der Waals surface area contributed by atoms with Crippen molar-refractivity contribution in [2.75, 3.05) is 23.3 Å². The van der Waals surface area contributed by atoms with Crippen LogP contribution in [0.5, 0.6) is 0 Å². The second kappa shape index (κ2) is 4.22. The Labute approximate surface area is 101 Å². The Balaban J connectivity index is 2.40. The average Bonchev–Trinajstić information content (AvgIpc) is 2.26. The van der Waals surface area contributed by atoms with E-state index in [9.17, 15) is 18.0 Å². The van der Waals surface area contributed by atoms with Crippen molar-refractivity contribution >= 4 is 17.3 Å². The highest BCUT2D eigenvalue weighted by atomic mass is 19.4. The van der Waals surface area contributed by atoms with Crippen LogP contribution in [0.15, 0.2) is 18.2 Å². The second-order valence-corrected chi connectivity index (χ2v) is 3.86. The van der Waals surface area contributed by atoms with Crippen molar-refractivity contribution in [2.24, 2.45) is 0 Å². The molecule has 1 heterocycles. The van der Waals surface area contributed by atoms with Crippen molar-refractivity contribution in [3.05, 3.63) is 23.8 Å². The molecule has 1 amide bonds. The first-order valence-electron chi connectivity index (χ1n) is 5.05. The lowest BCUT2D eigenvalue weighted by molar-refractivity contribution is -0.122. The molecule has 1 aromatic carbocycles. The van der Waals surface area contributed by atoms with Gasteiger partial charge in [-0.1, -0.05) is 0 Å². The zero-order valence-corrected chi connectivity index (χ0v) is 9.08. The predicted molar refractivity (Wildman–Crippen MR) is 58.1 cm³/mol. The summed E-state index contributed by atoms with van der Waals surface area (Å²) in [7, 11) is 0. The molecule has 1 aliphatic heterocycles. The fourth-order valence-corrected chi connectivity index (χ4v) is 1.77. The highest BCUT2D eigenvalue weighted by Gasteiger charge is 2.34. The van der Waals surface area contributed by atoms with Crippen molar-refractivity contribution in [3.63, 3.8) is 0 Å². The van der Waals surface area contributed by atoms with Gasteiger partial charge in [0.25, 0.3) is 0 Å². The molecule has 0 aromatic heterocycles. The van der Waals surface area contributed by atoms with E-state index in [0.29, 0.717) is 0 Å². The van der Waals surface area contributed by atoms with Gasteiger partial charge in [-0.05, 0) is 18.2 Å². The van der Waals surface area contributed by atoms with E-state index in [0.717, 1.165) is 4.90 Å². The monoisotopic (exact) mass is 255 g/mol. The third-order valence-corrected chi connectivity index (χ3v) is 2.45. The van der Waals surface area contributed by atoms with E-state index in [-0.39, 0.29) is 23.5 Å². The molecule has 0 bridgehead atoms. The number of fused-ring (bicyclic) bond motifs is 1. The molecular formula is C11H8F3N3O. The predicted octanol–water partition coefficient (Wildman–Crippen LogP) is 1.88. The maximum absolute atomic E-state index is 12.4. The minimum Gasteiger partial charge on any atom is -0.351 e. The van der Waals surface area contributed by atoms with E-state index in [2.05, 4.69) is 5.32 Å². The lowest BCUT2D eigenvalue weighted by Crippen LogP contribution is -2.43. The smallest absolute Gasteiger partial charge is 0.351 e. The maximum Gasteiger partial charge on any atom is 0.405 e. The molecule has 0 saturated carbocycles. The minimum atomic E-state index is -4.41. The molecule has 0 fully saturated rings. The minimum absolute atomic E-state index is 0.214. The van der Waals surface area contributed by atoms with Gasteiger partial charge in [0.15, 0.2) is 0 Å². The van der Waals surface area contributed by atoms with Gasteiger partial charge in [-0.3, -0.25) is 4.79 Å². The van der Waals surface area contributed by atoms with E-state index in [1.165, 1.54) is 18.2 Å². The molecule has 0 spiro atoms. The first kappa shape index (κ1) is 12.2. The van der Waals surface area contributed by atoms with Crippen molar-refractivity contribution in [2.45, 2.75) is 6.18 Å². The number of rotatable bonds is 1. The Hall–Kier alpha value is -2.23. The largest absolute Gasteiger partial charge is 0.405 e. The number of halogens is 3. The summed E-state index contributed by atoms with van der Waals surface area (Å²) in [5, 5.41) is 11.2. The summed E-state index contributed by atoms with van der Waals surface area (Å²) in [6, 6.07) is 6.05. The quantitative estimate of drug-likeness (QED) is 0.833. The molecule has 0 unspecified atom stereocenters. The van der Waals surface area contributed by atoms with Crippen LogP contribution in [0.1, 0.15) is 5.56 Å². The molecule has 1 N–H and O–H groups in total. The topological polar surface area (TPSA) is 56.1 Å². The lowest BCUT2D eigenvalue weighted by Gasteiger charge is -2.31. The standard InChI is InChI=1S/C11H8F3N3O/c12-11(13,14)6-17-5-10(18)16-8-2-1-7(4-15)3-9(8)17/h1-3H,5-6H2,(H,16,18). The number of nitrogens with zero attached hydrogens (tertiary/aromatic N) is 2. The lowest BCUT2D eigenvalue weighted by atomic mass is 10.1. The zero-order valence-electron chi connectivity index (χ0n) is 9.08. The Morgan fingerprint density at radius 3 is 2.78 bits per heavy atom. The number of nitrogens with one attached hydrogen (secondary N) is 1. The first-order valence-corrected chi connectivity index (χ1v) is 5.05. The molecule has 7 heteroatoms. The number of anilines is 2. The van der Waals surface area contributed by atoms with Crippen LogP contribution in [0.2, 0.25) is 0 Å². The third kappa shape index (κ3) is 2.53. The van der Waals surface area contributed by atoms with Crippen LogP contribution in [0.25, 0.3) is 0 Å². The van der Waals surface area contributed by atoms with Crippen LogP contribution >= 0.6 is 0 Å². The fourth-order valence-electron chi connectivity index (χ4n) is 1.77. The van der Waals surface area contributed by atoms with Crippen LogP contribution in [0, 0.1) is 11.3 Å². The van der Waals surface area contributed by atoms with Gasteiger partial charge in [-0.2, -0.15) is 18.4 Å². The van der Waals surface area contributed by atoms with Gasteiger partial charge in [0.1, 0.15) is 6.54 Å². The van der Waals surface area contributed by atoms with Gasteiger partial charge in [-0.25, -0.2) is 0 Å². The van der Waals surface area contributed by atoms with Crippen molar-refractivity contribution < 1.29 is 18.0 Å². The molecule has 0 radical (unpaired) electrons. The number of nitriles is 1. The normalized spacial score (nSPS) is 14.8. The zero-order chi connectivity index (χ0) is 13.3. The second-order valence-electron chi connectivity index (χ2n) is 3.86. The Kier molecular flexibility index (Phi) is 2.87. The molecule has 0 atom stereocenters. The molecule has 1 aromatic rings. The highest BCUT2D eigenvalue weighted by molar-refractivity contribution is 6.01. The van der Waals surface area contributed by atoms with Gasteiger partial charge in [-0.15, -0.1) is 0 Å². The number of benzene rings is 1. The number of hydrogen-bond donors (Lipinski definition) is 1. The van der Waals surface area contributed by atoms with E-state index in [1.807, 2.05) is 6.07 Å². The molecule has 18 heavy (non-hydrogen) atoms. The van der Waals surface area contributed by atoms with Gasteiger partial charge in [0.2, 0.25) is 5.91 Å². The fraction of sp³-hybridized carbons (Fsp3) is 0.273. The van der Waals surface area contributed by atoms with E-state index >= 15 is 0 Å². The number of hydrogen-bond acceptors (Lipinski definition) is 3. The van der Waals surface area contributed by atoms with E-state index in [4.69, 9.17) is 5.26 Å². The van der Waals surface area contributed by atoms with Crippen molar-refractivity contribution in [1.29, 1.82) is 5.26 Å². The molecular weight excluding hydrogens is 247 g/mol. The van der Waals surface area contributed by atoms with Crippen LogP contribution in [0.3, 0.4) is 0 Å². The average molecular weight is 255 g/mol. The van der Waals surface area contributed by atoms with Crippen molar-refractivity contribution in [3.8, 4) is 6.07 Å².